The van der Waals surface area contributed by atoms with Gasteiger partial charge in [-0.3, -0.25) is 4.79 Å². The van der Waals surface area contributed by atoms with Gasteiger partial charge in [0, 0.05) is 16.6 Å². The second-order valence-electron chi connectivity index (χ2n) is 2.99. The molecule has 0 aromatic carbocycles. The SMILES string of the molecule is O=C1NCC(Br)C2SCCC12. The summed E-state index contributed by atoms with van der Waals surface area (Å²) in [5, 5.41) is 3.44. The third-order valence-corrected chi connectivity index (χ3v) is 5.06. The molecule has 0 saturated carbocycles. The van der Waals surface area contributed by atoms with Crippen molar-refractivity contribution in [2.45, 2.75) is 16.5 Å². The maximum Gasteiger partial charge on any atom is 0.224 e. The average molecular weight is 236 g/mol. The zero-order valence-corrected chi connectivity index (χ0v) is 8.45. The zero-order chi connectivity index (χ0) is 7.84. The summed E-state index contributed by atoms with van der Waals surface area (Å²) >= 11 is 5.52. The average Bonchev–Trinajstić information content (AvgIpc) is 2.45. The summed E-state index contributed by atoms with van der Waals surface area (Å²) in [7, 11) is 0. The number of carbonyl (C=O) groups is 1. The number of fused-ring (bicyclic) bond motifs is 1. The molecule has 11 heavy (non-hydrogen) atoms. The summed E-state index contributed by atoms with van der Waals surface area (Å²) in [6.07, 6.45) is 1.06. The minimum Gasteiger partial charge on any atom is -0.355 e. The molecule has 2 aliphatic rings. The Balaban J connectivity index is 2.14. The Morgan fingerprint density at radius 3 is 3.18 bits per heavy atom. The number of nitrogens with one attached hydrogen (secondary N) is 1. The number of amides is 1. The van der Waals surface area contributed by atoms with Crippen LogP contribution in [0, 0.1) is 5.92 Å². The van der Waals surface area contributed by atoms with E-state index >= 15 is 0 Å². The maximum atomic E-state index is 11.3. The van der Waals surface area contributed by atoms with Crippen molar-refractivity contribution < 1.29 is 4.79 Å². The van der Waals surface area contributed by atoms with Gasteiger partial charge in [-0.2, -0.15) is 11.8 Å². The van der Waals surface area contributed by atoms with Gasteiger partial charge in [0.05, 0.1) is 5.92 Å². The van der Waals surface area contributed by atoms with E-state index in [1.54, 1.807) is 0 Å². The quantitative estimate of drug-likeness (QED) is 0.636. The largest absolute Gasteiger partial charge is 0.355 e. The van der Waals surface area contributed by atoms with Gasteiger partial charge in [0.2, 0.25) is 5.91 Å². The Bertz CT molecular complexity index is 187. The summed E-state index contributed by atoms with van der Waals surface area (Å²) in [4.78, 5) is 11.8. The van der Waals surface area contributed by atoms with Crippen molar-refractivity contribution in [3.05, 3.63) is 0 Å². The Labute approximate surface area is 78.6 Å². The Kier molecular flexibility index (Phi) is 2.14. The molecule has 0 aliphatic carbocycles. The predicted octanol–water partition coefficient (Wildman–Crippen LogP) is 1.00. The lowest BCUT2D eigenvalue weighted by Crippen LogP contribution is -2.48. The molecule has 2 fully saturated rings. The monoisotopic (exact) mass is 235 g/mol. The first kappa shape index (κ1) is 7.92. The normalized spacial score (nSPS) is 43.4. The number of rotatable bonds is 0. The first-order valence-corrected chi connectivity index (χ1v) is 5.79. The third kappa shape index (κ3) is 1.31. The van der Waals surface area contributed by atoms with E-state index in [2.05, 4.69) is 21.2 Å². The lowest BCUT2D eigenvalue weighted by atomic mass is 9.96. The fourth-order valence-corrected chi connectivity index (χ4v) is 4.14. The smallest absolute Gasteiger partial charge is 0.224 e. The number of hydrogen-bond donors (Lipinski definition) is 1. The van der Waals surface area contributed by atoms with Crippen LogP contribution in [0.15, 0.2) is 0 Å². The van der Waals surface area contributed by atoms with Crippen molar-refractivity contribution in [2.75, 3.05) is 12.3 Å². The highest BCUT2D eigenvalue weighted by Crippen LogP contribution is 2.38. The van der Waals surface area contributed by atoms with Crippen LogP contribution in [0.4, 0.5) is 0 Å². The molecule has 0 aromatic rings. The van der Waals surface area contributed by atoms with Crippen LogP contribution in [-0.2, 0) is 4.79 Å². The minimum atomic E-state index is 0.260. The van der Waals surface area contributed by atoms with Gasteiger partial charge < -0.3 is 5.32 Å². The molecular weight excluding hydrogens is 226 g/mol. The summed E-state index contributed by atoms with van der Waals surface area (Å²) in [6, 6.07) is 0. The molecule has 2 rings (SSSR count). The molecule has 0 radical (unpaired) electrons. The van der Waals surface area contributed by atoms with Crippen molar-refractivity contribution in [2.24, 2.45) is 5.92 Å². The highest BCUT2D eigenvalue weighted by atomic mass is 79.9. The molecule has 4 heteroatoms. The van der Waals surface area contributed by atoms with Gasteiger partial charge in [-0.1, -0.05) is 15.9 Å². The summed E-state index contributed by atoms with van der Waals surface area (Å²) in [5.41, 5.74) is 0. The van der Waals surface area contributed by atoms with Gasteiger partial charge in [0.25, 0.3) is 0 Å². The number of alkyl halides is 1. The van der Waals surface area contributed by atoms with E-state index in [1.807, 2.05) is 11.8 Å². The summed E-state index contributed by atoms with van der Waals surface area (Å²) in [5.74, 6) is 1.68. The van der Waals surface area contributed by atoms with Crippen LogP contribution >= 0.6 is 27.7 Å². The lowest BCUT2D eigenvalue weighted by molar-refractivity contribution is -0.125. The molecule has 0 aromatic heterocycles. The van der Waals surface area contributed by atoms with Gasteiger partial charge >= 0.3 is 0 Å². The Morgan fingerprint density at radius 2 is 2.45 bits per heavy atom. The fourth-order valence-electron chi connectivity index (χ4n) is 1.69. The van der Waals surface area contributed by atoms with E-state index in [0.29, 0.717) is 10.1 Å². The van der Waals surface area contributed by atoms with E-state index in [4.69, 9.17) is 0 Å². The number of halogens is 1. The second kappa shape index (κ2) is 2.98. The zero-order valence-electron chi connectivity index (χ0n) is 6.05. The number of hydrogen-bond acceptors (Lipinski definition) is 2. The minimum absolute atomic E-state index is 0.260. The van der Waals surface area contributed by atoms with Gasteiger partial charge in [-0.05, 0) is 12.2 Å². The molecule has 0 bridgehead atoms. The topological polar surface area (TPSA) is 29.1 Å². The van der Waals surface area contributed by atoms with Crippen LogP contribution in [0.5, 0.6) is 0 Å². The summed E-state index contributed by atoms with van der Waals surface area (Å²) < 4.78 is 0. The first-order chi connectivity index (χ1) is 5.29. The van der Waals surface area contributed by atoms with Crippen LogP contribution in [0.3, 0.4) is 0 Å². The van der Waals surface area contributed by atoms with Crippen molar-refractivity contribution in [3.8, 4) is 0 Å². The van der Waals surface area contributed by atoms with Crippen LogP contribution in [0.25, 0.3) is 0 Å². The van der Waals surface area contributed by atoms with Gasteiger partial charge in [-0.15, -0.1) is 0 Å². The fraction of sp³-hybridized carbons (Fsp3) is 0.857. The van der Waals surface area contributed by atoms with E-state index in [9.17, 15) is 4.79 Å². The predicted molar refractivity (Wildman–Crippen MR) is 50.1 cm³/mol. The number of thioether (sulfide) groups is 1. The Morgan fingerprint density at radius 1 is 1.64 bits per heavy atom. The van der Waals surface area contributed by atoms with E-state index in [0.717, 1.165) is 18.7 Å². The molecule has 1 N–H and O–H groups in total. The van der Waals surface area contributed by atoms with Gasteiger partial charge in [0.15, 0.2) is 0 Å². The molecule has 62 valence electrons. The first-order valence-electron chi connectivity index (χ1n) is 3.82. The highest BCUT2D eigenvalue weighted by Gasteiger charge is 2.41. The van der Waals surface area contributed by atoms with Crippen LogP contribution in [-0.4, -0.2) is 28.3 Å². The molecular formula is C7H10BrNOS. The third-order valence-electron chi connectivity index (χ3n) is 2.30. The van der Waals surface area contributed by atoms with Gasteiger partial charge in [-0.25, -0.2) is 0 Å². The summed E-state index contributed by atoms with van der Waals surface area (Å²) in [6.45, 7) is 0.799. The molecule has 2 saturated heterocycles. The van der Waals surface area contributed by atoms with Crippen molar-refractivity contribution in [3.63, 3.8) is 0 Å². The van der Waals surface area contributed by atoms with E-state index in [-0.39, 0.29) is 11.8 Å². The second-order valence-corrected chi connectivity index (χ2v) is 5.45. The number of carbonyl (C=O) groups excluding carboxylic acids is 1. The Hall–Kier alpha value is 0.300. The van der Waals surface area contributed by atoms with Crippen molar-refractivity contribution in [1.82, 2.24) is 5.32 Å². The van der Waals surface area contributed by atoms with Crippen LogP contribution in [0.2, 0.25) is 0 Å². The van der Waals surface area contributed by atoms with Crippen molar-refractivity contribution >= 4 is 33.6 Å². The molecule has 2 heterocycles. The number of piperidine rings is 1. The molecule has 2 aliphatic heterocycles. The standard InChI is InChI=1S/C7H10BrNOS/c8-5-3-9-7(10)4-1-2-11-6(4)5/h4-6H,1-3H2,(H,9,10). The maximum absolute atomic E-state index is 11.3. The van der Waals surface area contributed by atoms with Crippen LogP contribution in [0.1, 0.15) is 6.42 Å². The molecule has 3 unspecified atom stereocenters. The molecule has 3 atom stereocenters. The van der Waals surface area contributed by atoms with Crippen molar-refractivity contribution in [1.29, 1.82) is 0 Å². The van der Waals surface area contributed by atoms with Gasteiger partial charge in [0.1, 0.15) is 0 Å². The van der Waals surface area contributed by atoms with E-state index in [1.165, 1.54) is 0 Å². The molecule has 2 nitrogen and oxygen atoms in total. The lowest BCUT2D eigenvalue weighted by Gasteiger charge is -2.28. The molecule has 1 amide bonds. The van der Waals surface area contributed by atoms with E-state index < -0.39 is 0 Å². The van der Waals surface area contributed by atoms with Crippen LogP contribution < -0.4 is 5.32 Å². The highest BCUT2D eigenvalue weighted by molar-refractivity contribution is 9.09. The molecule has 0 spiro atoms.